The molecule has 3 N–H and O–H groups in total. The minimum atomic E-state index is 0.0463. The summed E-state index contributed by atoms with van der Waals surface area (Å²) in [5.74, 6) is 1.25. The molecule has 0 saturated heterocycles. The summed E-state index contributed by atoms with van der Waals surface area (Å²) < 4.78 is 5.52. The lowest BCUT2D eigenvalue weighted by Crippen LogP contribution is -2.16. The number of ether oxygens (including phenoxy) is 1. The number of rotatable bonds is 4. The third-order valence-corrected chi connectivity index (χ3v) is 1.67. The minimum absolute atomic E-state index is 0.0463. The van der Waals surface area contributed by atoms with Crippen LogP contribution in [0.5, 0.6) is 5.88 Å². The van der Waals surface area contributed by atoms with E-state index in [-0.39, 0.29) is 11.9 Å². The highest BCUT2D eigenvalue weighted by molar-refractivity contribution is 5.79. The molecule has 0 aromatic carbocycles. The van der Waals surface area contributed by atoms with Crippen molar-refractivity contribution in [3.05, 3.63) is 17.6 Å². The molecule has 0 spiro atoms. The van der Waals surface area contributed by atoms with E-state index in [2.05, 4.69) is 9.97 Å². The van der Waals surface area contributed by atoms with Crippen LogP contribution in [0, 0.1) is 12.3 Å². The summed E-state index contributed by atoms with van der Waals surface area (Å²) in [6, 6.07) is 0. The zero-order valence-corrected chi connectivity index (χ0v) is 9.24. The first-order valence-corrected chi connectivity index (χ1v) is 4.81. The molecule has 0 radical (unpaired) electrons. The van der Waals surface area contributed by atoms with Gasteiger partial charge in [0.2, 0.25) is 5.88 Å². The van der Waals surface area contributed by atoms with Crippen molar-refractivity contribution in [1.82, 2.24) is 9.97 Å². The van der Waals surface area contributed by atoms with Crippen LogP contribution in [0.4, 0.5) is 0 Å². The van der Waals surface area contributed by atoms with E-state index in [0.717, 1.165) is 5.56 Å². The number of nitrogens with one attached hydrogen (secondary N) is 1. The van der Waals surface area contributed by atoms with Crippen LogP contribution in [0.3, 0.4) is 0 Å². The number of nitrogens with two attached hydrogens (primary N) is 1. The summed E-state index contributed by atoms with van der Waals surface area (Å²) in [5.41, 5.74) is 6.09. The minimum Gasteiger partial charge on any atom is -0.475 e. The summed E-state index contributed by atoms with van der Waals surface area (Å²) in [5, 5.41) is 7.23. The van der Waals surface area contributed by atoms with Crippen molar-refractivity contribution in [2.45, 2.75) is 33.3 Å². The summed E-state index contributed by atoms with van der Waals surface area (Å²) in [6.07, 6.45) is 2.02. The lowest BCUT2D eigenvalue weighted by Gasteiger charge is -2.12. The van der Waals surface area contributed by atoms with E-state index >= 15 is 0 Å². The van der Waals surface area contributed by atoms with Crippen LogP contribution in [0.1, 0.15) is 25.2 Å². The Kier molecular flexibility index (Phi) is 3.60. The molecule has 1 heterocycles. The molecule has 0 aliphatic rings. The maximum absolute atomic E-state index is 7.23. The molecule has 1 aromatic heterocycles. The fourth-order valence-electron chi connectivity index (χ4n) is 1.13. The van der Waals surface area contributed by atoms with Crippen molar-refractivity contribution in [1.29, 1.82) is 5.41 Å². The van der Waals surface area contributed by atoms with Crippen molar-refractivity contribution in [3.63, 3.8) is 0 Å². The molecule has 0 aliphatic carbocycles. The average molecular weight is 208 g/mol. The molecule has 0 amide bonds. The molecular formula is C10H16N4O. The third kappa shape index (κ3) is 3.53. The summed E-state index contributed by atoms with van der Waals surface area (Å²) in [4.78, 5) is 8.24. The fourth-order valence-corrected chi connectivity index (χ4v) is 1.13. The Bertz CT molecular complexity index is 362. The van der Waals surface area contributed by atoms with Gasteiger partial charge in [0, 0.05) is 18.2 Å². The number of hydrogen-bond donors (Lipinski definition) is 2. The molecule has 1 aromatic rings. The van der Waals surface area contributed by atoms with Crippen LogP contribution in [-0.4, -0.2) is 21.9 Å². The normalized spacial score (nSPS) is 10.4. The first-order valence-electron chi connectivity index (χ1n) is 4.81. The van der Waals surface area contributed by atoms with Gasteiger partial charge in [-0.3, -0.25) is 5.41 Å². The molecule has 5 heteroatoms. The summed E-state index contributed by atoms with van der Waals surface area (Å²) >= 11 is 0. The van der Waals surface area contributed by atoms with Gasteiger partial charge in [-0.05, 0) is 20.8 Å². The number of hydrogen-bond acceptors (Lipinski definition) is 4. The number of aromatic nitrogens is 2. The molecule has 82 valence electrons. The van der Waals surface area contributed by atoms with E-state index in [1.54, 1.807) is 13.1 Å². The second-order valence-electron chi connectivity index (χ2n) is 3.62. The van der Waals surface area contributed by atoms with Gasteiger partial charge >= 0.3 is 0 Å². The van der Waals surface area contributed by atoms with Crippen molar-refractivity contribution in [2.75, 3.05) is 0 Å². The SMILES string of the molecule is Cc1ncc(CC(=N)N)c(OC(C)C)n1. The van der Waals surface area contributed by atoms with Crippen LogP contribution < -0.4 is 10.5 Å². The smallest absolute Gasteiger partial charge is 0.220 e. The molecule has 15 heavy (non-hydrogen) atoms. The average Bonchev–Trinajstić information content (AvgIpc) is 2.08. The molecule has 0 saturated carbocycles. The lowest BCUT2D eigenvalue weighted by molar-refractivity contribution is 0.229. The number of aryl methyl sites for hydroxylation is 1. The highest BCUT2D eigenvalue weighted by atomic mass is 16.5. The van der Waals surface area contributed by atoms with Crippen molar-refractivity contribution in [2.24, 2.45) is 5.73 Å². The van der Waals surface area contributed by atoms with Gasteiger partial charge in [0.25, 0.3) is 0 Å². The van der Waals surface area contributed by atoms with E-state index in [1.165, 1.54) is 0 Å². The first-order chi connectivity index (χ1) is 6.99. The topological polar surface area (TPSA) is 84.9 Å². The molecule has 0 fully saturated rings. The molecule has 0 bridgehead atoms. The van der Waals surface area contributed by atoms with Gasteiger partial charge in [-0.15, -0.1) is 0 Å². The molecule has 0 unspecified atom stereocenters. The Hall–Kier alpha value is -1.65. The maximum Gasteiger partial charge on any atom is 0.220 e. The van der Waals surface area contributed by atoms with Gasteiger partial charge < -0.3 is 10.5 Å². The number of nitrogens with zero attached hydrogens (tertiary/aromatic N) is 2. The van der Waals surface area contributed by atoms with Crippen molar-refractivity contribution >= 4 is 5.84 Å². The molecule has 1 rings (SSSR count). The maximum atomic E-state index is 7.23. The second-order valence-corrected chi connectivity index (χ2v) is 3.62. The van der Waals surface area contributed by atoms with Crippen LogP contribution in [0.2, 0.25) is 0 Å². The van der Waals surface area contributed by atoms with Crippen LogP contribution in [0.25, 0.3) is 0 Å². The Labute approximate surface area is 89.2 Å². The predicted octanol–water partition coefficient (Wildman–Crippen LogP) is 1.05. The zero-order valence-electron chi connectivity index (χ0n) is 9.24. The van der Waals surface area contributed by atoms with Crippen LogP contribution in [-0.2, 0) is 6.42 Å². The van der Waals surface area contributed by atoms with E-state index in [4.69, 9.17) is 15.9 Å². The Morgan fingerprint density at radius 2 is 2.27 bits per heavy atom. The standard InChI is InChI=1S/C10H16N4O/c1-6(2)15-10-8(4-9(11)12)5-13-7(3)14-10/h5-6H,4H2,1-3H3,(H3,11,12). The molecular weight excluding hydrogens is 192 g/mol. The van der Waals surface area contributed by atoms with E-state index in [9.17, 15) is 0 Å². The van der Waals surface area contributed by atoms with Gasteiger partial charge in [0.05, 0.1) is 11.9 Å². The van der Waals surface area contributed by atoms with Gasteiger partial charge in [0.1, 0.15) is 5.82 Å². The molecule has 5 nitrogen and oxygen atoms in total. The quantitative estimate of drug-likeness (QED) is 0.572. The highest BCUT2D eigenvalue weighted by Gasteiger charge is 2.09. The zero-order chi connectivity index (χ0) is 11.4. The fraction of sp³-hybridized carbons (Fsp3) is 0.500. The van der Waals surface area contributed by atoms with Gasteiger partial charge in [-0.2, -0.15) is 4.98 Å². The third-order valence-electron chi connectivity index (χ3n) is 1.67. The monoisotopic (exact) mass is 208 g/mol. The van der Waals surface area contributed by atoms with E-state index < -0.39 is 0 Å². The second kappa shape index (κ2) is 4.72. The summed E-state index contributed by atoms with van der Waals surface area (Å²) in [7, 11) is 0. The van der Waals surface area contributed by atoms with Crippen molar-refractivity contribution in [3.8, 4) is 5.88 Å². The largest absolute Gasteiger partial charge is 0.475 e. The van der Waals surface area contributed by atoms with Gasteiger partial charge in [-0.25, -0.2) is 4.98 Å². The van der Waals surface area contributed by atoms with Crippen LogP contribution in [0.15, 0.2) is 6.20 Å². The Morgan fingerprint density at radius 3 is 2.80 bits per heavy atom. The lowest BCUT2D eigenvalue weighted by atomic mass is 10.2. The Morgan fingerprint density at radius 1 is 1.60 bits per heavy atom. The molecule has 0 aliphatic heterocycles. The predicted molar refractivity (Wildman–Crippen MR) is 58.2 cm³/mol. The van der Waals surface area contributed by atoms with E-state index in [0.29, 0.717) is 18.1 Å². The van der Waals surface area contributed by atoms with Crippen molar-refractivity contribution < 1.29 is 4.74 Å². The first kappa shape index (κ1) is 11.4. The number of amidine groups is 1. The molecule has 0 atom stereocenters. The Balaban J connectivity index is 2.97. The van der Waals surface area contributed by atoms with E-state index in [1.807, 2.05) is 13.8 Å². The highest BCUT2D eigenvalue weighted by Crippen LogP contribution is 2.16. The van der Waals surface area contributed by atoms with Gasteiger partial charge in [0.15, 0.2) is 0 Å². The summed E-state index contributed by atoms with van der Waals surface area (Å²) in [6.45, 7) is 5.65. The van der Waals surface area contributed by atoms with Crippen LogP contribution >= 0.6 is 0 Å². The van der Waals surface area contributed by atoms with Gasteiger partial charge in [-0.1, -0.05) is 0 Å².